The summed E-state index contributed by atoms with van der Waals surface area (Å²) in [5.41, 5.74) is 2.00. The number of aryl methyl sites for hydroxylation is 1. The molecule has 3 heterocycles. The molecule has 7 heteroatoms. The molecule has 0 fully saturated rings. The second-order valence-corrected chi connectivity index (χ2v) is 4.04. The van der Waals surface area contributed by atoms with Crippen LogP contribution in [0.1, 0.15) is 5.56 Å². The third-order valence-corrected chi connectivity index (χ3v) is 2.64. The molecule has 18 heavy (non-hydrogen) atoms. The maximum absolute atomic E-state index is 4.18. The number of anilines is 1. The van der Waals surface area contributed by atoms with Crippen LogP contribution in [0.25, 0.3) is 5.65 Å². The Bertz CT molecular complexity index is 641. The number of pyridine rings is 1. The molecule has 3 rings (SSSR count). The second-order valence-electron chi connectivity index (χ2n) is 4.04. The molecule has 0 amide bonds. The summed E-state index contributed by atoms with van der Waals surface area (Å²) in [6, 6.07) is 4.04. The van der Waals surface area contributed by atoms with E-state index >= 15 is 0 Å². The molecule has 3 aromatic rings. The normalized spacial score (nSPS) is 10.9. The lowest BCUT2D eigenvalue weighted by Gasteiger charge is -2.08. The lowest BCUT2D eigenvalue weighted by Crippen LogP contribution is -2.13. The van der Waals surface area contributed by atoms with Gasteiger partial charge in [-0.15, -0.1) is 5.10 Å². The zero-order chi connectivity index (χ0) is 12.4. The van der Waals surface area contributed by atoms with Crippen molar-refractivity contribution in [3.05, 3.63) is 36.4 Å². The van der Waals surface area contributed by atoms with Gasteiger partial charge >= 0.3 is 0 Å². The zero-order valence-electron chi connectivity index (χ0n) is 9.98. The monoisotopic (exact) mass is 243 g/mol. The van der Waals surface area contributed by atoms with Gasteiger partial charge in [-0.1, -0.05) is 5.21 Å². The molecule has 0 spiro atoms. The third kappa shape index (κ3) is 2.02. The van der Waals surface area contributed by atoms with Gasteiger partial charge in [0.2, 0.25) is 0 Å². The van der Waals surface area contributed by atoms with Crippen LogP contribution in [0.3, 0.4) is 0 Å². The van der Waals surface area contributed by atoms with Crippen LogP contribution in [0.5, 0.6) is 0 Å². The van der Waals surface area contributed by atoms with Gasteiger partial charge in [-0.25, -0.2) is 4.98 Å². The number of fused-ring (bicyclic) bond motifs is 1. The van der Waals surface area contributed by atoms with Gasteiger partial charge in [0, 0.05) is 12.7 Å². The Morgan fingerprint density at radius 1 is 1.33 bits per heavy atom. The third-order valence-electron chi connectivity index (χ3n) is 2.64. The van der Waals surface area contributed by atoms with Crippen LogP contribution in [0.15, 0.2) is 30.9 Å². The topological polar surface area (TPSA) is 72.9 Å². The van der Waals surface area contributed by atoms with Gasteiger partial charge in [0.05, 0.1) is 12.7 Å². The molecule has 92 valence electrons. The van der Waals surface area contributed by atoms with Gasteiger partial charge in [-0.05, 0) is 24.6 Å². The van der Waals surface area contributed by atoms with Gasteiger partial charge in [-0.2, -0.15) is 9.61 Å². The first-order valence-electron chi connectivity index (χ1n) is 5.71. The van der Waals surface area contributed by atoms with Crippen molar-refractivity contribution in [3.8, 4) is 0 Å². The lowest BCUT2D eigenvalue weighted by atomic mass is 10.3. The minimum absolute atomic E-state index is 0.752. The van der Waals surface area contributed by atoms with Gasteiger partial charge in [0.15, 0.2) is 5.65 Å². The molecule has 3 aromatic heterocycles. The average Bonchev–Trinajstić information content (AvgIpc) is 2.98. The Balaban J connectivity index is 1.75. The summed E-state index contributed by atoms with van der Waals surface area (Å²) in [7, 11) is 0. The van der Waals surface area contributed by atoms with Crippen LogP contribution < -0.4 is 5.32 Å². The van der Waals surface area contributed by atoms with Gasteiger partial charge in [0.1, 0.15) is 12.1 Å². The minimum Gasteiger partial charge on any atom is -0.368 e. The number of nitrogens with zero attached hydrogens (tertiary/aromatic N) is 6. The first-order valence-corrected chi connectivity index (χ1v) is 5.71. The van der Waals surface area contributed by atoms with Crippen LogP contribution in [0.2, 0.25) is 0 Å². The first kappa shape index (κ1) is 10.7. The van der Waals surface area contributed by atoms with E-state index < -0.39 is 0 Å². The first-order chi connectivity index (χ1) is 8.83. The van der Waals surface area contributed by atoms with Crippen molar-refractivity contribution < 1.29 is 0 Å². The molecule has 1 N–H and O–H groups in total. The molecule has 0 aromatic carbocycles. The highest BCUT2D eigenvalue weighted by Crippen LogP contribution is 2.12. The summed E-state index contributed by atoms with van der Waals surface area (Å²) in [6.45, 7) is 3.54. The van der Waals surface area contributed by atoms with E-state index in [2.05, 4.69) is 25.7 Å². The number of hydrogen-bond donors (Lipinski definition) is 1. The van der Waals surface area contributed by atoms with Crippen molar-refractivity contribution in [2.45, 2.75) is 13.5 Å². The van der Waals surface area contributed by atoms with Crippen molar-refractivity contribution in [2.24, 2.45) is 0 Å². The Labute approximate surface area is 103 Å². The largest absolute Gasteiger partial charge is 0.368 e. The molecule has 0 saturated heterocycles. The van der Waals surface area contributed by atoms with E-state index in [4.69, 9.17) is 0 Å². The molecule has 0 atom stereocenters. The van der Waals surface area contributed by atoms with Crippen LogP contribution >= 0.6 is 0 Å². The van der Waals surface area contributed by atoms with Crippen LogP contribution in [-0.2, 0) is 6.54 Å². The predicted octanol–water partition coefficient (Wildman–Crippen LogP) is 0.741. The number of nitrogens with one attached hydrogen (secondary N) is 1. The molecular formula is C11H13N7. The van der Waals surface area contributed by atoms with Crippen molar-refractivity contribution in [2.75, 3.05) is 11.9 Å². The maximum Gasteiger partial charge on any atom is 0.157 e. The molecule has 0 unspecified atom stereocenters. The van der Waals surface area contributed by atoms with E-state index in [-0.39, 0.29) is 0 Å². The van der Waals surface area contributed by atoms with E-state index in [9.17, 15) is 0 Å². The van der Waals surface area contributed by atoms with Crippen LogP contribution in [0.4, 0.5) is 5.82 Å². The highest BCUT2D eigenvalue weighted by Gasteiger charge is 2.03. The molecule has 0 aliphatic rings. The standard InChI is InChI=1S/C11H13N7/c1-9-6-10(18-11(7-9)13-8-15-18)12-2-4-17-5-3-14-16-17/h3,5-8,12H,2,4H2,1H3. The summed E-state index contributed by atoms with van der Waals surface area (Å²) in [5.74, 6) is 0.933. The fourth-order valence-corrected chi connectivity index (χ4v) is 1.83. The van der Waals surface area contributed by atoms with E-state index in [0.717, 1.165) is 30.1 Å². The number of rotatable bonds is 4. The van der Waals surface area contributed by atoms with Crippen LogP contribution in [-0.4, -0.2) is 36.1 Å². The summed E-state index contributed by atoms with van der Waals surface area (Å²) >= 11 is 0. The van der Waals surface area contributed by atoms with Gasteiger partial charge in [0.25, 0.3) is 0 Å². The van der Waals surface area contributed by atoms with Crippen molar-refractivity contribution >= 4 is 11.5 Å². The Hall–Kier alpha value is -2.44. The van der Waals surface area contributed by atoms with Crippen molar-refractivity contribution in [1.29, 1.82) is 0 Å². The quantitative estimate of drug-likeness (QED) is 0.731. The van der Waals surface area contributed by atoms with Crippen molar-refractivity contribution in [1.82, 2.24) is 29.6 Å². The minimum atomic E-state index is 0.752. The zero-order valence-corrected chi connectivity index (χ0v) is 9.98. The predicted molar refractivity (Wildman–Crippen MR) is 66.2 cm³/mol. The Morgan fingerprint density at radius 2 is 2.28 bits per heavy atom. The van der Waals surface area contributed by atoms with Crippen LogP contribution in [0, 0.1) is 6.92 Å². The molecule has 0 aliphatic heterocycles. The van der Waals surface area contributed by atoms with Gasteiger partial charge < -0.3 is 5.32 Å². The fraction of sp³-hybridized carbons (Fsp3) is 0.273. The number of aromatic nitrogens is 6. The molecule has 7 nitrogen and oxygen atoms in total. The van der Waals surface area contributed by atoms with E-state index in [0.29, 0.717) is 0 Å². The average molecular weight is 243 g/mol. The second kappa shape index (κ2) is 4.44. The highest BCUT2D eigenvalue weighted by molar-refractivity contribution is 5.51. The molecule has 0 saturated carbocycles. The fourth-order valence-electron chi connectivity index (χ4n) is 1.83. The number of hydrogen-bond acceptors (Lipinski definition) is 5. The maximum atomic E-state index is 4.18. The summed E-state index contributed by atoms with van der Waals surface area (Å²) in [6.07, 6.45) is 5.06. The molecule has 0 bridgehead atoms. The van der Waals surface area contributed by atoms with E-state index in [1.807, 2.05) is 25.3 Å². The smallest absolute Gasteiger partial charge is 0.157 e. The molecular weight excluding hydrogens is 230 g/mol. The van der Waals surface area contributed by atoms with Gasteiger partial charge in [-0.3, -0.25) is 4.68 Å². The van der Waals surface area contributed by atoms with E-state index in [1.165, 1.54) is 0 Å². The lowest BCUT2D eigenvalue weighted by molar-refractivity contribution is 0.607. The van der Waals surface area contributed by atoms with Crippen molar-refractivity contribution in [3.63, 3.8) is 0 Å². The summed E-state index contributed by atoms with van der Waals surface area (Å²) < 4.78 is 3.57. The molecule has 0 radical (unpaired) electrons. The summed E-state index contributed by atoms with van der Waals surface area (Å²) in [5, 5.41) is 15.2. The molecule has 0 aliphatic carbocycles. The Morgan fingerprint density at radius 3 is 3.11 bits per heavy atom. The Kier molecular flexibility index (Phi) is 2.64. The van der Waals surface area contributed by atoms with E-state index in [1.54, 1.807) is 21.7 Å². The highest BCUT2D eigenvalue weighted by atomic mass is 15.4. The SMILES string of the molecule is Cc1cc(NCCn2ccnn2)n2ncnc2c1. The summed E-state index contributed by atoms with van der Waals surface area (Å²) in [4.78, 5) is 4.18.